The summed E-state index contributed by atoms with van der Waals surface area (Å²) in [7, 11) is 0. The number of Topliss-reactive ketones (excluding diaryl/α,β-unsaturated/α-hetero) is 1. The van der Waals surface area contributed by atoms with E-state index in [9.17, 15) is 4.79 Å². The topological polar surface area (TPSA) is 17.1 Å². The second-order valence-electron chi connectivity index (χ2n) is 6.63. The van der Waals surface area contributed by atoms with Crippen LogP contribution in [0.25, 0.3) is 0 Å². The molecular weight excluding hydrogens is 196 g/mol. The molecule has 2 rings (SSSR count). The molecule has 0 aromatic heterocycles. The Morgan fingerprint density at radius 1 is 1.12 bits per heavy atom. The molecule has 0 aromatic carbocycles. The molecule has 0 aromatic rings. The summed E-state index contributed by atoms with van der Waals surface area (Å²) in [6.45, 7) is 9.28. The second kappa shape index (κ2) is 4.50. The van der Waals surface area contributed by atoms with Gasteiger partial charge in [0.05, 0.1) is 0 Å². The highest BCUT2D eigenvalue weighted by atomic mass is 16.1. The van der Waals surface area contributed by atoms with Crippen molar-refractivity contribution in [2.75, 3.05) is 0 Å². The van der Waals surface area contributed by atoms with E-state index in [1.807, 2.05) is 0 Å². The quantitative estimate of drug-likeness (QED) is 0.657. The van der Waals surface area contributed by atoms with E-state index in [0.29, 0.717) is 29.5 Å². The van der Waals surface area contributed by atoms with Crippen molar-refractivity contribution in [3.63, 3.8) is 0 Å². The highest BCUT2D eigenvalue weighted by molar-refractivity contribution is 5.84. The first-order chi connectivity index (χ1) is 7.50. The van der Waals surface area contributed by atoms with Gasteiger partial charge >= 0.3 is 0 Å². The third-order valence-corrected chi connectivity index (χ3v) is 5.21. The fourth-order valence-electron chi connectivity index (χ4n) is 4.05. The van der Waals surface area contributed by atoms with Crippen molar-refractivity contribution < 1.29 is 4.79 Å². The zero-order chi connectivity index (χ0) is 11.9. The van der Waals surface area contributed by atoms with Gasteiger partial charge in [-0.25, -0.2) is 0 Å². The van der Waals surface area contributed by atoms with Crippen molar-refractivity contribution in [1.82, 2.24) is 0 Å². The average Bonchev–Trinajstić information content (AvgIpc) is 2.39. The lowest BCUT2D eigenvalue weighted by molar-refractivity contribution is -0.122. The Bertz CT molecular complexity index is 269. The molecule has 5 atom stereocenters. The van der Waals surface area contributed by atoms with Gasteiger partial charge in [-0.3, -0.25) is 4.79 Å². The van der Waals surface area contributed by atoms with Crippen LogP contribution in [0.1, 0.15) is 53.4 Å². The van der Waals surface area contributed by atoms with E-state index >= 15 is 0 Å². The van der Waals surface area contributed by atoms with Crippen LogP contribution in [0.5, 0.6) is 0 Å². The van der Waals surface area contributed by atoms with Crippen molar-refractivity contribution in [2.24, 2.45) is 35.5 Å². The maximum Gasteiger partial charge on any atom is 0.136 e. The highest BCUT2D eigenvalue weighted by Crippen LogP contribution is 2.47. The van der Waals surface area contributed by atoms with Gasteiger partial charge < -0.3 is 0 Å². The largest absolute Gasteiger partial charge is 0.299 e. The van der Waals surface area contributed by atoms with Crippen LogP contribution in [0.2, 0.25) is 0 Å². The van der Waals surface area contributed by atoms with Crippen LogP contribution in [-0.4, -0.2) is 5.78 Å². The smallest absolute Gasteiger partial charge is 0.136 e. The molecule has 0 unspecified atom stereocenters. The predicted octanol–water partition coefficient (Wildman–Crippen LogP) is 3.92. The number of hydrogen-bond donors (Lipinski definition) is 0. The Morgan fingerprint density at radius 3 is 2.44 bits per heavy atom. The van der Waals surface area contributed by atoms with Crippen molar-refractivity contribution in [3.05, 3.63) is 0 Å². The maximum absolute atomic E-state index is 12.1. The zero-order valence-electron chi connectivity index (χ0n) is 11.2. The van der Waals surface area contributed by atoms with Gasteiger partial charge in [-0.1, -0.05) is 27.7 Å². The molecule has 0 aliphatic heterocycles. The molecule has 1 nitrogen and oxygen atoms in total. The van der Waals surface area contributed by atoms with Crippen LogP contribution in [0.3, 0.4) is 0 Å². The summed E-state index contributed by atoms with van der Waals surface area (Å²) in [5, 5.41) is 0. The molecule has 2 aliphatic rings. The number of carbonyl (C=O) groups is 1. The van der Waals surface area contributed by atoms with Gasteiger partial charge in [-0.2, -0.15) is 0 Å². The number of hydrogen-bond acceptors (Lipinski definition) is 1. The molecule has 0 amide bonds. The minimum Gasteiger partial charge on any atom is -0.299 e. The molecule has 2 fully saturated rings. The number of rotatable bonds is 1. The first-order valence-corrected chi connectivity index (χ1v) is 7.03. The lowest BCUT2D eigenvalue weighted by Gasteiger charge is -2.26. The summed E-state index contributed by atoms with van der Waals surface area (Å²) in [5.41, 5.74) is 0. The summed E-state index contributed by atoms with van der Waals surface area (Å²) in [5.74, 6) is 4.57. The summed E-state index contributed by atoms with van der Waals surface area (Å²) < 4.78 is 0. The van der Waals surface area contributed by atoms with Crippen LogP contribution in [0, 0.1) is 35.5 Å². The number of fused-ring (bicyclic) bond motifs is 1. The van der Waals surface area contributed by atoms with Crippen LogP contribution >= 0.6 is 0 Å². The Morgan fingerprint density at radius 2 is 1.81 bits per heavy atom. The van der Waals surface area contributed by atoms with E-state index in [-0.39, 0.29) is 0 Å². The van der Waals surface area contributed by atoms with Gasteiger partial charge in [0.2, 0.25) is 0 Å². The first kappa shape index (κ1) is 12.1. The summed E-state index contributed by atoms with van der Waals surface area (Å²) in [6, 6.07) is 0. The zero-order valence-corrected chi connectivity index (χ0v) is 11.2. The van der Waals surface area contributed by atoms with Gasteiger partial charge in [-0.15, -0.1) is 0 Å². The molecule has 0 heterocycles. The first-order valence-electron chi connectivity index (χ1n) is 7.03. The van der Waals surface area contributed by atoms with Crippen LogP contribution in [0.15, 0.2) is 0 Å². The van der Waals surface area contributed by atoms with E-state index in [1.165, 1.54) is 19.3 Å². The average molecular weight is 222 g/mol. The SMILES string of the molecule is CC(C)[C@@H]1CC[C@H](C)[C@H]2C(=O)C[C@H](C)[C@@H]2C1. The van der Waals surface area contributed by atoms with E-state index in [0.717, 1.165) is 18.3 Å². The Hall–Kier alpha value is -0.330. The molecule has 0 spiro atoms. The van der Waals surface area contributed by atoms with Gasteiger partial charge in [0.1, 0.15) is 5.78 Å². The van der Waals surface area contributed by atoms with E-state index in [4.69, 9.17) is 0 Å². The van der Waals surface area contributed by atoms with Crippen LogP contribution < -0.4 is 0 Å². The van der Waals surface area contributed by atoms with Crippen molar-refractivity contribution >= 4 is 5.78 Å². The fraction of sp³-hybridized carbons (Fsp3) is 0.933. The highest BCUT2D eigenvalue weighted by Gasteiger charge is 2.45. The molecule has 2 aliphatic carbocycles. The molecule has 2 saturated carbocycles. The summed E-state index contributed by atoms with van der Waals surface area (Å²) >= 11 is 0. The lowest BCUT2D eigenvalue weighted by atomic mass is 9.78. The van der Waals surface area contributed by atoms with Gasteiger partial charge in [0.25, 0.3) is 0 Å². The van der Waals surface area contributed by atoms with Crippen LogP contribution in [0.4, 0.5) is 0 Å². The van der Waals surface area contributed by atoms with Crippen molar-refractivity contribution in [3.8, 4) is 0 Å². The minimum atomic E-state index is 0.402. The minimum absolute atomic E-state index is 0.402. The molecule has 0 N–H and O–H groups in total. The third kappa shape index (κ3) is 2.06. The predicted molar refractivity (Wildman–Crippen MR) is 67.1 cm³/mol. The molecular formula is C15H26O. The molecule has 16 heavy (non-hydrogen) atoms. The normalized spacial score (nSPS) is 44.6. The molecule has 1 heteroatoms. The lowest BCUT2D eigenvalue weighted by Crippen LogP contribution is -2.23. The van der Waals surface area contributed by atoms with Crippen molar-refractivity contribution in [1.29, 1.82) is 0 Å². The third-order valence-electron chi connectivity index (χ3n) is 5.21. The monoisotopic (exact) mass is 222 g/mol. The Balaban J connectivity index is 2.18. The van der Waals surface area contributed by atoms with Gasteiger partial charge in [0, 0.05) is 12.3 Å². The van der Waals surface area contributed by atoms with Crippen LogP contribution in [-0.2, 0) is 4.79 Å². The molecule has 92 valence electrons. The summed E-state index contributed by atoms with van der Waals surface area (Å²) in [4.78, 5) is 12.1. The second-order valence-corrected chi connectivity index (χ2v) is 6.63. The Labute approximate surface area is 100.0 Å². The maximum atomic E-state index is 12.1. The van der Waals surface area contributed by atoms with Gasteiger partial charge in [-0.05, 0) is 48.9 Å². The van der Waals surface area contributed by atoms with Gasteiger partial charge in [0.15, 0.2) is 0 Å². The Kier molecular flexibility index (Phi) is 3.42. The molecule has 0 saturated heterocycles. The molecule has 0 radical (unpaired) electrons. The van der Waals surface area contributed by atoms with E-state index in [1.54, 1.807) is 0 Å². The van der Waals surface area contributed by atoms with E-state index < -0.39 is 0 Å². The van der Waals surface area contributed by atoms with E-state index in [2.05, 4.69) is 27.7 Å². The molecule has 0 bridgehead atoms. The summed E-state index contributed by atoms with van der Waals surface area (Å²) in [6.07, 6.45) is 4.76. The standard InChI is InChI=1S/C15H26O/c1-9(2)12-6-5-10(3)15-13(8-12)11(4)7-14(15)16/h9-13,15H,5-8H2,1-4H3/t10-,11-,12+,13-,15+/m0/s1. The fourth-order valence-corrected chi connectivity index (χ4v) is 4.05. The number of carbonyl (C=O) groups excluding carboxylic acids is 1. The van der Waals surface area contributed by atoms with Crippen molar-refractivity contribution in [2.45, 2.75) is 53.4 Å². The number of ketones is 1.